The first-order valence-corrected chi connectivity index (χ1v) is 12.8. The minimum atomic E-state index is 0.333. The molecule has 6 heteroatoms. The van der Waals surface area contributed by atoms with E-state index >= 15 is 0 Å². The number of methoxy groups -OCH3 is 1. The second-order valence-electron chi connectivity index (χ2n) is 8.86. The smallest absolute Gasteiger partial charge is 0.282 e. The van der Waals surface area contributed by atoms with Crippen LogP contribution in [0.3, 0.4) is 0 Å². The summed E-state index contributed by atoms with van der Waals surface area (Å²) in [5.74, 6) is 1.66. The Morgan fingerprint density at radius 3 is 2.62 bits per heavy atom. The van der Waals surface area contributed by atoms with Gasteiger partial charge in [0.2, 0.25) is 0 Å². The van der Waals surface area contributed by atoms with Gasteiger partial charge in [-0.3, -0.25) is 4.79 Å². The maximum Gasteiger partial charge on any atom is 0.282 e. The molecule has 0 aromatic heterocycles. The maximum absolute atomic E-state index is 12.5. The molecule has 1 aliphatic carbocycles. The highest BCUT2D eigenvalue weighted by atomic mass is 79.9. The largest absolute Gasteiger partial charge is 0.497 e. The van der Waals surface area contributed by atoms with E-state index < -0.39 is 0 Å². The van der Waals surface area contributed by atoms with Crippen molar-refractivity contribution in [3.8, 4) is 5.75 Å². The number of amides is 1. The van der Waals surface area contributed by atoms with Crippen molar-refractivity contribution in [2.24, 2.45) is 5.92 Å². The van der Waals surface area contributed by atoms with Gasteiger partial charge in [0.1, 0.15) is 5.75 Å². The quantitative estimate of drug-likeness (QED) is 0.531. The van der Waals surface area contributed by atoms with Crippen LogP contribution in [0.5, 0.6) is 5.75 Å². The van der Waals surface area contributed by atoms with Crippen molar-refractivity contribution < 1.29 is 9.53 Å². The molecule has 3 aliphatic rings. The fourth-order valence-corrected chi connectivity index (χ4v) is 6.71. The third-order valence-corrected chi connectivity index (χ3v) is 8.69. The van der Waals surface area contributed by atoms with Crippen molar-refractivity contribution in [3.05, 3.63) is 28.2 Å². The van der Waals surface area contributed by atoms with Crippen LogP contribution in [0.15, 0.2) is 22.7 Å². The lowest BCUT2D eigenvalue weighted by molar-refractivity contribution is 0.164. The number of hydrogen-bond acceptors (Lipinski definition) is 4. The molecular weight excluding hydrogens is 448 g/mol. The molecular formula is C23H33BrN2O2S. The number of carbonyl (C=O) groups excluding carboxylic acids is 1. The van der Waals surface area contributed by atoms with E-state index in [0.29, 0.717) is 16.5 Å². The van der Waals surface area contributed by atoms with Crippen molar-refractivity contribution >= 4 is 32.9 Å². The predicted octanol–water partition coefficient (Wildman–Crippen LogP) is 5.58. The summed E-state index contributed by atoms with van der Waals surface area (Å²) >= 11 is 5.29. The highest BCUT2D eigenvalue weighted by Gasteiger charge is 2.36. The fourth-order valence-electron chi connectivity index (χ4n) is 5.13. The standard InChI is InChI=1S/C23H33BrN2O2S/c1-28-20-7-8-22(24)18(14-20)13-17-9-11-25(12-10-17)15-21-16-26(23(27)29-21)19-5-3-2-4-6-19/h7-8,14,17,19,21H,2-6,9-13,15-16H2,1H3. The van der Waals surface area contributed by atoms with Crippen LogP contribution >= 0.6 is 27.7 Å². The summed E-state index contributed by atoms with van der Waals surface area (Å²) in [6.45, 7) is 4.34. The van der Waals surface area contributed by atoms with E-state index in [9.17, 15) is 4.79 Å². The monoisotopic (exact) mass is 480 g/mol. The van der Waals surface area contributed by atoms with Gasteiger partial charge in [-0.2, -0.15) is 0 Å². The predicted molar refractivity (Wildman–Crippen MR) is 124 cm³/mol. The number of piperidine rings is 1. The minimum absolute atomic E-state index is 0.333. The lowest BCUT2D eigenvalue weighted by atomic mass is 9.90. The van der Waals surface area contributed by atoms with Crippen LogP contribution < -0.4 is 4.74 Å². The van der Waals surface area contributed by atoms with Crippen LogP contribution in [0, 0.1) is 5.92 Å². The van der Waals surface area contributed by atoms with Crippen LogP contribution in [-0.2, 0) is 6.42 Å². The van der Waals surface area contributed by atoms with Crippen molar-refractivity contribution in [1.29, 1.82) is 0 Å². The summed E-state index contributed by atoms with van der Waals surface area (Å²) in [4.78, 5) is 17.3. The van der Waals surface area contributed by atoms with E-state index in [2.05, 4.69) is 37.9 Å². The third-order valence-electron chi connectivity index (χ3n) is 6.85. The number of thioether (sulfide) groups is 1. The van der Waals surface area contributed by atoms with Crippen molar-refractivity contribution in [1.82, 2.24) is 9.80 Å². The zero-order valence-electron chi connectivity index (χ0n) is 17.4. The number of rotatable bonds is 6. The number of hydrogen-bond donors (Lipinski definition) is 0. The highest BCUT2D eigenvalue weighted by molar-refractivity contribution is 9.10. The Morgan fingerprint density at radius 2 is 1.90 bits per heavy atom. The van der Waals surface area contributed by atoms with Gasteiger partial charge in [-0.15, -0.1) is 0 Å². The van der Waals surface area contributed by atoms with Crippen LogP contribution in [0.4, 0.5) is 4.79 Å². The van der Waals surface area contributed by atoms with Crippen LogP contribution in [0.2, 0.25) is 0 Å². The Labute approximate surface area is 187 Å². The molecule has 4 nitrogen and oxygen atoms in total. The molecule has 1 aromatic rings. The lowest BCUT2D eigenvalue weighted by Gasteiger charge is -2.34. The second-order valence-corrected chi connectivity index (χ2v) is 11.0. The van der Waals surface area contributed by atoms with Gasteiger partial charge in [0.25, 0.3) is 5.24 Å². The first-order valence-electron chi connectivity index (χ1n) is 11.1. The van der Waals surface area contributed by atoms with Gasteiger partial charge < -0.3 is 14.5 Å². The van der Waals surface area contributed by atoms with E-state index in [1.54, 1.807) is 18.9 Å². The Hall–Kier alpha value is -0.720. The van der Waals surface area contributed by atoms with Gasteiger partial charge in [-0.1, -0.05) is 47.0 Å². The van der Waals surface area contributed by atoms with E-state index in [0.717, 1.165) is 44.3 Å². The van der Waals surface area contributed by atoms with E-state index in [4.69, 9.17) is 4.74 Å². The average molecular weight is 482 g/mol. The molecule has 0 N–H and O–H groups in total. The summed E-state index contributed by atoms with van der Waals surface area (Å²) in [5, 5.41) is 0.785. The first kappa shape index (κ1) is 21.5. The van der Waals surface area contributed by atoms with Crippen LogP contribution in [0.1, 0.15) is 50.5 Å². The molecule has 0 spiro atoms. The summed E-state index contributed by atoms with van der Waals surface area (Å²) in [7, 11) is 1.73. The maximum atomic E-state index is 12.5. The zero-order valence-corrected chi connectivity index (χ0v) is 19.8. The summed E-state index contributed by atoms with van der Waals surface area (Å²) < 4.78 is 6.57. The molecule has 1 unspecified atom stereocenters. The van der Waals surface area contributed by atoms with Gasteiger partial charge in [-0.05, 0) is 74.9 Å². The molecule has 2 heterocycles. The van der Waals surface area contributed by atoms with Crippen LogP contribution in [0.25, 0.3) is 0 Å². The molecule has 0 bridgehead atoms. The Kier molecular flexibility index (Phi) is 7.46. The number of carbonyl (C=O) groups is 1. The molecule has 29 heavy (non-hydrogen) atoms. The topological polar surface area (TPSA) is 32.8 Å². The molecule has 1 amide bonds. The van der Waals surface area contributed by atoms with Crippen LogP contribution in [-0.4, -0.2) is 59.6 Å². The van der Waals surface area contributed by atoms with Crippen molar-refractivity contribution in [3.63, 3.8) is 0 Å². The summed E-state index contributed by atoms with van der Waals surface area (Å²) in [6, 6.07) is 6.78. The minimum Gasteiger partial charge on any atom is -0.497 e. The Balaban J connectivity index is 1.24. The van der Waals surface area contributed by atoms with E-state index in [1.807, 2.05) is 6.07 Å². The van der Waals surface area contributed by atoms with Gasteiger partial charge in [-0.25, -0.2) is 0 Å². The van der Waals surface area contributed by atoms with E-state index in [-0.39, 0.29) is 0 Å². The Bertz CT molecular complexity index is 702. The summed E-state index contributed by atoms with van der Waals surface area (Å²) in [6.07, 6.45) is 9.94. The van der Waals surface area contributed by atoms with Gasteiger partial charge >= 0.3 is 0 Å². The fraction of sp³-hybridized carbons (Fsp3) is 0.696. The highest BCUT2D eigenvalue weighted by Crippen LogP contribution is 2.34. The molecule has 1 atom stereocenters. The number of likely N-dealkylation sites (tertiary alicyclic amines) is 1. The number of ether oxygens (including phenoxy) is 1. The summed E-state index contributed by atoms with van der Waals surface area (Å²) in [5.41, 5.74) is 1.35. The first-order chi connectivity index (χ1) is 14.1. The van der Waals surface area contributed by atoms with Crippen molar-refractivity contribution in [2.45, 2.75) is 62.7 Å². The average Bonchev–Trinajstić information content (AvgIpc) is 3.11. The molecule has 4 rings (SSSR count). The molecule has 2 aliphatic heterocycles. The van der Waals surface area contributed by atoms with Crippen molar-refractivity contribution in [2.75, 3.05) is 33.3 Å². The van der Waals surface area contributed by atoms with Gasteiger partial charge in [0.15, 0.2) is 0 Å². The van der Waals surface area contributed by atoms with Gasteiger partial charge in [0, 0.05) is 28.9 Å². The SMILES string of the molecule is COc1ccc(Br)c(CC2CCN(CC3CN(C4CCCCC4)C(=O)S3)CC2)c1. The normalized spacial score (nSPS) is 25.0. The van der Waals surface area contributed by atoms with E-state index in [1.165, 1.54) is 55.0 Å². The molecule has 2 saturated heterocycles. The second kappa shape index (κ2) is 10.1. The molecule has 1 aromatic carbocycles. The number of halogens is 1. The number of nitrogens with zero attached hydrogens (tertiary/aromatic N) is 2. The molecule has 0 radical (unpaired) electrons. The molecule has 160 valence electrons. The lowest BCUT2D eigenvalue weighted by Crippen LogP contribution is -2.41. The Morgan fingerprint density at radius 1 is 1.14 bits per heavy atom. The van der Waals surface area contributed by atoms with Gasteiger partial charge in [0.05, 0.1) is 7.11 Å². The number of benzene rings is 1. The zero-order chi connectivity index (χ0) is 20.2. The molecule has 1 saturated carbocycles. The molecule has 3 fully saturated rings. The third kappa shape index (κ3) is 5.50.